The van der Waals surface area contributed by atoms with E-state index in [-0.39, 0.29) is 0 Å². The number of rotatable bonds is 2. The molecule has 24 heavy (non-hydrogen) atoms. The molecule has 0 unspecified atom stereocenters. The summed E-state index contributed by atoms with van der Waals surface area (Å²) in [5.41, 5.74) is 8.03. The molecule has 1 aliphatic heterocycles. The van der Waals surface area contributed by atoms with Gasteiger partial charge in [0.1, 0.15) is 11.1 Å². The molecule has 3 aromatic rings. The molecule has 0 spiro atoms. The normalized spacial score (nSPS) is 16.2. The molecule has 2 aromatic heterocycles. The van der Waals surface area contributed by atoms with Crippen LogP contribution < -0.4 is 10.6 Å². The number of ether oxygens (including phenoxy) is 1. The van der Waals surface area contributed by atoms with Crippen molar-refractivity contribution in [3.8, 4) is 0 Å². The maximum absolute atomic E-state index is 10.2. The predicted molar refractivity (Wildman–Crippen MR) is 92.0 cm³/mol. The summed E-state index contributed by atoms with van der Waals surface area (Å²) < 4.78 is 11.3. The Labute approximate surface area is 139 Å². The van der Waals surface area contributed by atoms with Crippen molar-refractivity contribution in [2.75, 3.05) is 36.9 Å². The molecule has 0 amide bonds. The predicted octanol–water partition coefficient (Wildman–Crippen LogP) is 2.02. The Morgan fingerprint density at radius 2 is 1.88 bits per heavy atom. The molecule has 3 N–H and O–H groups in total. The highest BCUT2D eigenvalue weighted by molar-refractivity contribution is 5.94. The fourth-order valence-corrected chi connectivity index (χ4v) is 2.98. The molecule has 0 saturated carbocycles. The summed E-state index contributed by atoms with van der Waals surface area (Å²) in [4.78, 5) is 11.2. The highest BCUT2D eigenvalue weighted by atomic mass is 16.5. The molecular weight excluding hydrogens is 308 g/mol. The van der Waals surface area contributed by atoms with Gasteiger partial charge in [-0.05, 0) is 26.0 Å². The van der Waals surface area contributed by atoms with Gasteiger partial charge in [-0.3, -0.25) is 0 Å². The van der Waals surface area contributed by atoms with Gasteiger partial charge in [0, 0.05) is 24.5 Å². The van der Waals surface area contributed by atoms with E-state index in [0.717, 1.165) is 29.5 Å². The second-order valence-corrected chi connectivity index (χ2v) is 6.59. The lowest BCUT2D eigenvalue weighted by atomic mass is 10.0. The number of morpholine rings is 1. The van der Waals surface area contributed by atoms with Crippen molar-refractivity contribution < 1.29 is 14.3 Å². The van der Waals surface area contributed by atoms with Crippen LogP contribution in [-0.2, 0) is 10.3 Å². The molecule has 1 fully saturated rings. The monoisotopic (exact) mass is 328 g/mol. The number of oxazole rings is 1. The molecule has 0 radical (unpaired) electrons. The number of pyridine rings is 1. The fourth-order valence-electron chi connectivity index (χ4n) is 2.98. The Kier molecular flexibility index (Phi) is 3.36. The van der Waals surface area contributed by atoms with Gasteiger partial charge in [-0.1, -0.05) is 0 Å². The van der Waals surface area contributed by atoms with Crippen molar-refractivity contribution >= 4 is 33.7 Å². The number of nitrogens with zero attached hydrogens (tertiary/aromatic N) is 3. The number of hydrogen-bond donors (Lipinski definition) is 2. The maximum atomic E-state index is 10.2. The molecule has 4 rings (SSSR count). The zero-order valence-electron chi connectivity index (χ0n) is 13.7. The minimum Gasteiger partial charge on any atom is -0.423 e. The fraction of sp³-hybridized carbons (Fsp3) is 0.412. The van der Waals surface area contributed by atoms with Crippen LogP contribution in [0.2, 0.25) is 0 Å². The Bertz CT molecular complexity index is 907. The van der Waals surface area contributed by atoms with Crippen molar-refractivity contribution in [1.82, 2.24) is 9.97 Å². The standard InChI is InChI=1S/C17H20N4O3/c1-17(2,22)15-11(18)7-10-8-13-14(9-12(10)19-15)24-16(20-13)21-3-5-23-6-4-21/h7-9,22H,3-6,18H2,1-2H3. The topological polar surface area (TPSA) is 97.6 Å². The molecule has 3 heterocycles. The van der Waals surface area contributed by atoms with Crippen LogP contribution >= 0.6 is 0 Å². The summed E-state index contributed by atoms with van der Waals surface area (Å²) >= 11 is 0. The Hall–Kier alpha value is -2.38. The van der Waals surface area contributed by atoms with E-state index in [4.69, 9.17) is 14.9 Å². The third kappa shape index (κ3) is 2.55. The van der Waals surface area contributed by atoms with E-state index in [1.807, 2.05) is 18.2 Å². The van der Waals surface area contributed by atoms with Crippen LogP contribution in [0.4, 0.5) is 11.7 Å². The van der Waals surface area contributed by atoms with Gasteiger partial charge in [0.15, 0.2) is 5.58 Å². The molecule has 1 aliphatic rings. The zero-order chi connectivity index (χ0) is 16.9. The van der Waals surface area contributed by atoms with Gasteiger partial charge in [-0.2, -0.15) is 4.98 Å². The summed E-state index contributed by atoms with van der Waals surface area (Å²) in [6.07, 6.45) is 0. The van der Waals surface area contributed by atoms with Crippen LogP contribution in [0.3, 0.4) is 0 Å². The zero-order valence-corrected chi connectivity index (χ0v) is 13.7. The lowest BCUT2D eigenvalue weighted by Crippen LogP contribution is -2.36. The average molecular weight is 328 g/mol. The van der Waals surface area contributed by atoms with Crippen molar-refractivity contribution in [1.29, 1.82) is 0 Å². The molecular formula is C17H20N4O3. The quantitative estimate of drug-likeness (QED) is 0.742. The Morgan fingerprint density at radius 3 is 2.58 bits per heavy atom. The molecule has 0 atom stereocenters. The highest BCUT2D eigenvalue weighted by Gasteiger charge is 2.22. The van der Waals surface area contributed by atoms with E-state index in [1.54, 1.807) is 13.8 Å². The largest absolute Gasteiger partial charge is 0.423 e. The van der Waals surface area contributed by atoms with Crippen molar-refractivity contribution in [2.24, 2.45) is 0 Å². The number of nitrogen functional groups attached to an aromatic ring is 1. The van der Waals surface area contributed by atoms with Gasteiger partial charge < -0.3 is 24.9 Å². The number of aliphatic hydroxyl groups is 1. The third-order valence-corrected chi connectivity index (χ3v) is 4.20. The molecule has 7 heteroatoms. The second kappa shape index (κ2) is 5.32. The second-order valence-electron chi connectivity index (χ2n) is 6.59. The summed E-state index contributed by atoms with van der Waals surface area (Å²) in [6, 6.07) is 6.17. The lowest BCUT2D eigenvalue weighted by Gasteiger charge is -2.24. The Morgan fingerprint density at radius 1 is 1.12 bits per heavy atom. The van der Waals surface area contributed by atoms with Crippen molar-refractivity contribution in [2.45, 2.75) is 19.4 Å². The SMILES string of the molecule is CC(C)(O)c1nc2cc3oc(N4CCOCC4)nc3cc2cc1N. The minimum absolute atomic E-state index is 0.460. The van der Waals surface area contributed by atoms with Gasteiger partial charge in [0.2, 0.25) is 0 Å². The maximum Gasteiger partial charge on any atom is 0.298 e. The van der Waals surface area contributed by atoms with Gasteiger partial charge in [-0.15, -0.1) is 0 Å². The van der Waals surface area contributed by atoms with Crippen LogP contribution in [0.15, 0.2) is 22.6 Å². The van der Waals surface area contributed by atoms with Crippen LogP contribution in [0, 0.1) is 0 Å². The van der Waals surface area contributed by atoms with E-state index in [2.05, 4.69) is 14.9 Å². The molecule has 0 aliphatic carbocycles. The summed E-state index contributed by atoms with van der Waals surface area (Å²) in [6.45, 7) is 6.21. The molecule has 0 bridgehead atoms. The molecule has 7 nitrogen and oxygen atoms in total. The lowest BCUT2D eigenvalue weighted by molar-refractivity contribution is 0.0751. The number of fused-ring (bicyclic) bond motifs is 2. The minimum atomic E-state index is -1.10. The Balaban J connectivity index is 1.83. The first-order valence-corrected chi connectivity index (χ1v) is 7.98. The van der Waals surface area contributed by atoms with Gasteiger partial charge in [0.25, 0.3) is 6.01 Å². The van der Waals surface area contributed by atoms with Gasteiger partial charge in [-0.25, -0.2) is 4.98 Å². The van der Waals surface area contributed by atoms with Crippen LogP contribution in [0.5, 0.6) is 0 Å². The van der Waals surface area contributed by atoms with E-state index >= 15 is 0 Å². The van der Waals surface area contributed by atoms with E-state index < -0.39 is 5.60 Å². The van der Waals surface area contributed by atoms with Crippen LogP contribution in [0.25, 0.3) is 22.0 Å². The molecule has 1 aromatic carbocycles. The number of nitrogens with two attached hydrogens (primary N) is 1. The van der Waals surface area contributed by atoms with E-state index in [1.165, 1.54) is 0 Å². The first-order valence-electron chi connectivity index (χ1n) is 7.98. The van der Waals surface area contributed by atoms with Crippen molar-refractivity contribution in [3.05, 3.63) is 23.9 Å². The molecule has 1 saturated heterocycles. The summed E-state index contributed by atoms with van der Waals surface area (Å²) in [5, 5.41) is 11.1. The van der Waals surface area contributed by atoms with E-state index in [0.29, 0.717) is 36.2 Å². The highest BCUT2D eigenvalue weighted by Crippen LogP contribution is 2.31. The number of aromatic nitrogens is 2. The third-order valence-electron chi connectivity index (χ3n) is 4.20. The number of benzene rings is 1. The number of anilines is 2. The summed E-state index contributed by atoms with van der Waals surface area (Å²) in [5.74, 6) is 0. The number of hydrogen-bond acceptors (Lipinski definition) is 7. The van der Waals surface area contributed by atoms with Crippen LogP contribution in [-0.4, -0.2) is 41.4 Å². The average Bonchev–Trinajstić information content (AvgIpc) is 2.94. The van der Waals surface area contributed by atoms with Gasteiger partial charge >= 0.3 is 0 Å². The first kappa shape index (κ1) is 15.2. The first-order chi connectivity index (χ1) is 11.4. The van der Waals surface area contributed by atoms with E-state index in [9.17, 15) is 5.11 Å². The van der Waals surface area contributed by atoms with Gasteiger partial charge in [0.05, 0.1) is 30.1 Å². The molecule has 126 valence electrons. The van der Waals surface area contributed by atoms with Crippen LogP contribution in [0.1, 0.15) is 19.5 Å². The van der Waals surface area contributed by atoms with Crippen molar-refractivity contribution in [3.63, 3.8) is 0 Å². The summed E-state index contributed by atoms with van der Waals surface area (Å²) in [7, 11) is 0. The smallest absolute Gasteiger partial charge is 0.298 e.